The van der Waals surface area contributed by atoms with Gasteiger partial charge in [-0.05, 0) is 56.9 Å². The molecule has 1 aromatic carbocycles. The van der Waals surface area contributed by atoms with E-state index in [9.17, 15) is 8.42 Å². The van der Waals surface area contributed by atoms with E-state index in [1.54, 1.807) is 22.7 Å². The van der Waals surface area contributed by atoms with E-state index in [1.807, 2.05) is 31.2 Å². The molecule has 148 valence electrons. The number of hydrogen-bond donors (Lipinski definition) is 0. The fourth-order valence-electron chi connectivity index (χ4n) is 4.08. The molecule has 1 fully saturated rings. The fraction of sp³-hybridized carbons (Fsp3) is 0.545. The Kier molecular flexibility index (Phi) is 6.77. The van der Waals surface area contributed by atoms with E-state index in [4.69, 9.17) is 4.42 Å². The van der Waals surface area contributed by atoms with Crippen LogP contribution in [0.5, 0.6) is 0 Å². The highest BCUT2D eigenvalue weighted by atomic mass is 32.2. The van der Waals surface area contributed by atoms with Crippen LogP contribution in [0.2, 0.25) is 0 Å². The Morgan fingerprint density at radius 2 is 1.85 bits per heavy atom. The second-order valence-electron chi connectivity index (χ2n) is 7.61. The van der Waals surface area contributed by atoms with Gasteiger partial charge in [-0.2, -0.15) is 4.31 Å². The van der Waals surface area contributed by atoms with Gasteiger partial charge in [-0.25, -0.2) is 8.42 Å². The lowest BCUT2D eigenvalue weighted by molar-refractivity contribution is 0.151. The molecule has 0 saturated carbocycles. The van der Waals surface area contributed by atoms with E-state index in [0.29, 0.717) is 4.90 Å². The number of piperidine rings is 1. The molecule has 0 spiro atoms. The van der Waals surface area contributed by atoms with Crippen LogP contribution in [-0.2, 0) is 10.0 Å². The molecule has 3 rings (SSSR count). The molecule has 2 aromatic rings. The summed E-state index contributed by atoms with van der Waals surface area (Å²) in [5, 5.41) is 0. The first kappa shape index (κ1) is 20.2. The maximum atomic E-state index is 13.6. The molecule has 0 bridgehead atoms. The Morgan fingerprint density at radius 1 is 1.07 bits per heavy atom. The van der Waals surface area contributed by atoms with Crippen LogP contribution in [0.3, 0.4) is 0 Å². The van der Waals surface area contributed by atoms with Gasteiger partial charge in [0.05, 0.1) is 17.2 Å². The van der Waals surface area contributed by atoms with Crippen molar-refractivity contribution >= 4 is 10.0 Å². The lowest BCUT2D eigenvalue weighted by atomic mass is 9.93. The molecule has 1 aliphatic rings. The number of furan rings is 1. The van der Waals surface area contributed by atoms with Crippen LogP contribution in [0, 0.1) is 6.92 Å². The van der Waals surface area contributed by atoms with Gasteiger partial charge >= 0.3 is 0 Å². The minimum absolute atomic E-state index is 0.0389. The van der Waals surface area contributed by atoms with E-state index in [-0.39, 0.29) is 12.1 Å². The first-order chi connectivity index (χ1) is 13.0. The molecule has 0 amide bonds. The summed E-state index contributed by atoms with van der Waals surface area (Å²) >= 11 is 0. The van der Waals surface area contributed by atoms with Crippen LogP contribution in [0.15, 0.2) is 52.0 Å². The molecule has 1 aliphatic heterocycles. The highest BCUT2D eigenvalue weighted by molar-refractivity contribution is 7.89. The second kappa shape index (κ2) is 9.07. The second-order valence-corrected chi connectivity index (χ2v) is 9.46. The molecule has 0 unspecified atom stereocenters. The number of hydrogen-bond acceptors (Lipinski definition) is 3. The first-order valence-electron chi connectivity index (χ1n) is 10.2. The Morgan fingerprint density at radius 3 is 2.52 bits per heavy atom. The van der Waals surface area contributed by atoms with Crippen molar-refractivity contribution in [2.75, 3.05) is 0 Å². The van der Waals surface area contributed by atoms with Gasteiger partial charge in [0, 0.05) is 6.04 Å². The smallest absolute Gasteiger partial charge is 0.243 e. The van der Waals surface area contributed by atoms with Crippen molar-refractivity contribution in [2.24, 2.45) is 0 Å². The van der Waals surface area contributed by atoms with Gasteiger partial charge < -0.3 is 4.42 Å². The summed E-state index contributed by atoms with van der Waals surface area (Å²) < 4.78 is 34.6. The highest BCUT2D eigenvalue weighted by Crippen LogP contribution is 2.40. The van der Waals surface area contributed by atoms with Crippen molar-refractivity contribution in [3.63, 3.8) is 0 Å². The SMILES string of the molecule is CCCCCC[C@@H]1CCC[C@H](c2ccco2)N1S(=O)(=O)c1ccc(C)cc1. The van der Waals surface area contributed by atoms with Crippen LogP contribution in [0.4, 0.5) is 0 Å². The van der Waals surface area contributed by atoms with Gasteiger partial charge in [0.2, 0.25) is 10.0 Å². The molecule has 5 heteroatoms. The minimum Gasteiger partial charge on any atom is -0.468 e. The third-order valence-electron chi connectivity index (χ3n) is 5.54. The molecule has 2 heterocycles. The predicted octanol–water partition coefficient (Wildman–Crippen LogP) is 5.84. The standard InChI is InChI=1S/C22H31NO3S/c1-3-4-5-6-9-19-10-7-11-21(22-12-8-17-26-22)23(19)27(24,25)20-15-13-18(2)14-16-20/h8,12-17,19,21H,3-7,9-11H2,1-2H3/t19-,21-/m1/s1. The average molecular weight is 390 g/mol. The van der Waals surface area contributed by atoms with Crippen molar-refractivity contribution in [1.82, 2.24) is 4.31 Å². The van der Waals surface area contributed by atoms with Crippen LogP contribution >= 0.6 is 0 Å². The van der Waals surface area contributed by atoms with Crippen molar-refractivity contribution < 1.29 is 12.8 Å². The van der Waals surface area contributed by atoms with Crippen molar-refractivity contribution in [1.29, 1.82) is 0 Å². The Hall–Kier alpha value is -1.59. The van der Waals surface area contributed by atoms with Crippen molar-refractivity contribution in [3.8, 4) is 0 Å². The molecule has 27 heavy (non-hydrogen) atoms. The van der Waals surface area contributed by atoms with E-state index >= 15 is 0 Å². The van der Waals surface area contributed by atoms with Crippen molar-refractivity contribution in [3.05, 3.63) is 54.0 Å². The molecule has 0 radical (unpaired) electrons. The summed E-state index contributed by atoms with van der Waals surface area (Å²) in [4.78, 5) is 0.380. The maximum Gasteiger partial charge on any atom is 0.243 e. The van der Waals surface area contributed by atoms with E-state index in [1.165, 1.54) is 12.8 Å². The number of benzene rings is 1. The van der Waals surface area contributed by atoms with Gasteiger partial charge in [0.15, 0.2) is 0 Å². The van der Waals surface area contributed by atoms with Crippen LogP contribution in [0.25, 0.3) is 0 Å². The number of unbranched alkanes of at least 4 members (excludes halogenated alkanes) is 3. The Labute approximate surface area is 163 Å². The molecule has 1 saturated heterocycles. The number of nitrogens with zero attached hydrogens (tertiary/aromatic N) is 1. The normalized spacial score (nSPS) is 21.4. The number of sulfonamides is 1. The molecule has 4 nitrogen and oxygen atoms in total. The average Bonchev–Trinajstić information content (AvgIpc) is 3.20. The third kappa shape index (κ3) is 4.64. The van der Waals surface area contributed by atoms with Gasteiger partial charge in [-0.3, -0.25) is 0 Å². The van der Waals surface area contributed by atoms with Crippen LogP contribution in [0.1, 0.15) is 75.7 Å². The van der Waals surface area contributed by atoms with Crippen molar-refractivity contribution in [2.45, 2.75) is 82.2 Å². The topological polar surface area (TPSA) is 50.5 Å². The Bertz CT molecular complexity index is 797. The molecule has 0 N–H and O–H groups in total. The van der Waals surface area contributed by atoms with E-state index in [2.05, 4.69) is 6.92 Å². The summed E-state index contributed by atoms with van der Waals surface area (Å²) in [7, 11) is -3.57. The van der Waals surface area contributed by atoms with Gasteiger partial charge in [-0.1, -0.05) is 50.3 Å². The van der Waals surface area contributed by atoms with Gasteiger partial charge in [0.25, 0.3) is 0 Å². The number of aryl methyl sites for hydroxylation is 1. The monoisotopic (exact) mass is 389 g/mol. The lowest BCUT2D eigenvalue weighted by Gasteiger charge is -2.40. The lowest BCUT2D eigenvalue weighted by Crippen LogP contribution is -2.45. The minimum atomic E-state index is -3.57. The quantitative estimate of drug-likeness (QED) is 0.533. The molecule has 1 aromatic heterocycles. The molecular weight excluding hydrogens is 358 g/mol. The van der Waals surface area contributed by atoms with Gasteiger partial charge in [0.1, 0.15) is 5.76 Å². The summed E-state index contributed by atoms with van der Waals surface area (Å²) in [5.41, 5.74) is 1.06. The van der Waals surface area contributed by atoms with E-state index in [0.717, 1.165) is 49.8 Å². The van der Waals surface area contributed by atoms with E-state index < -0.39 is 10.0 Å². The fourth-order valence-corrected chi connectivity index (χ4v) is 5.95. The first-order valence-corrected chi connectivity index (χ1v) is 11.6. The Balaban J connectivity index is 1.92. The summed E-state index contributed by atoms with van der Waals surface area (Å²) in [6.45, 7) is 4.17. The summed E-state index contributed by atoms with van der Waals surface area (Å²) in [6, 6.07) is 10.8. The molecular formula is C22H31NO3S. The third-order valence-corrected chi connectivity index (χ3v) is 7.52. The summed E-state index contributed by atoms with van der Waals surface area (Å²) in [6.07, 6.45) is 9.95. The largest absolute Gasteiger partial charge is 0.468 e. The molecule has 2 atom stereocenters. The zero-order valence-electron chi connectivity index (χ0n) is 16.4. The zero-order chi connectivity index (χ0) is 19.3. The predicted molar refractivity (Wildman–Crippen MR) is 108 cm³/mol. The van der Waals surface area contributed by atoms with Crippen LogP contribution < -0.4 is 0 Å². The number of rotatable bonds is 8. The summed E-state index contributed by atoms with van der Waals surface area (Å²) in [5.74, 6) is 0.754. The van der Waals surface area contributed by atoms with Gasteiger partial charge in [-0.15, -0.1) is 0 Å². The van der Waals surface area contributed by atoms with Crippen LogP contribution in [-0.4, -0.2) is 18.8 Å². The molecule has 0 aliphatic carbocycles. The zero-order valence-corrected chi connectivity index (χ0v) is 17.2. The highest BCUT2D eigenvalue weighted by Gasteiger charge is 2.41. The maximum absolute atomic E-state index is 13.6.